The van der Waals surface area contributed by atoms with Crippen molar-refractivity contribution in [1.82, 2.24) is 9.97 Å². The maximum Gasteiger partial charge on any atom is 0.288 e. The van der Waals surface area contributed by atoms with Crippen LogP contribution in [0.3, 0.4) is 0 Å². The Kier molecular flexibility index (Phi) is 2.95. The molecule has 0 radical (unpaired) electrons. The van der Waals surface area contributed by atoms with Gasteiger partial charge in [0.15, 0.2) is 0 Å². The number of nitrogens with zero attached hydrogens (tertiary/aromatic N) is 3. The van der Waals surface area contributed by atoms with Crippen LogP contribution in [-0.2, 0) is 0 Å². The molecule has 0 fully saturated rings. The summed E-state index contributed by atoms with van der Waals surface area (Å²) in [6.07, 6.45) is 4.38. The molecular weight excluding hydrogens is 222 g/mol. The topological polar surface area (TPSA) is 78.2 Å². The first kappa shape index (κ1) is 11.0. The van der Waals surface area contributed by atoms with Gasteiger partial charge in [0.2, 0.25) is 5.88 Å². The molecule has 0 spiro atoms. The molecule has 6 nitrogen and oxygen atoms in total. The Bertz CT molecular complexity index is 543. The molecule has 0 atom stereocenters. The first-order chi connectivity index (χ1) is 8.22. The zero-order valence-corrected chi connectivity index (χ0v) is 9.03. The van der Waals surface area contributed by atoms with Crippen molar-refractivity contribution in [2.45, 2.75) is 0 Å². The minimum Gasteiger partial charge on any atom is -0.481 e. The zero-order chi connectivity index (χ0) is 12.3. The average molecular weight is 231 g/mol. The van der Waals surface area contributed by atoms with Crippen LogP contribution in [0, 0.1) is 10.1 Å². The summed E-state index contributed by atoms with van der Waals surface area (Å²) >= 11 is 0. The predicted molar refractivity (Wildman–Crippen MR) is 60.7 cm³/mol. The van der Waals surface area contributed by atoms with Crippen LogP contribution in [0.5, 0.6) is 5.88 Å². The molecule has 2 rings (SSSR count). The van der Waals surface area contributed by atoms with Crippen molar-refractivity contribution in [2.75, 3.05) is 7.11 Å². The van der Waals surface area contributed by atoms with Gasteiger partial charge in [0, 0.05) is 18.5 Å². The molecule has 2 heterocycles. The van der Waals surface area contributed by atoms with Gasteiger partial charge in [-0.15, -0.1) is 0 Å². The molecule has 0 aliphatic heterocycles. The molecule has 2 aromatic heterocycles. The summed E-state index contributed by atoms with van der Waals surface area (Å²) in [4.78, 5) is 18.0. The first-order valence-corrected chi connectivity index (χ1v) is 4.81. The monoisotopic (exact) mass is 231 g/mol. The number of rotatable bonds is 3. The number of pyridine rings is 2. The highest BCUT2D eigenvalue weighted by Crippen LogP contribution is 2.30. The Labute approximate surface area is 97.1 Å². The number of aromatic nitrogens is 2. The van der Waals surface area contributed by atoms with E-state index in [4.69, 9.17) is 4.74 Å². The van der Waals surface area contributed by atoms with E-state index in [0.717, 1.165) is 5.56 Å². The third-order valence-corrected chi connectivity index (χ3v) is 2.23. The molecule has 0 amide bonds. The van der Waals surface area contributed by atoms with Gasteiger partial charge < -0.3 is 4.74 Å². The Morgan fingerprint density at radius 3 is 2.65 bits per heavy atom. The van der Waals surface area contributed by atoms with E-state index in [1.54, 1.807) is 24.5 Å². The largest absolute Gasteiger partial charge is 0.481 e. The standard InChI is InChI=1S/C11H9N3O3/c1-17-11-10(8-2-4-12-5-3-8)6-9(7-13-11)14(15)16/h2-7H,1H3. The fourth-order valence-electron chi connectivity index (χ4n) is 1.44. The van der Waals surface area contributed by atoms with Crippen LogP contribution in [0.15, 0.2) is 36.8 Å². The van der Waals surface area contributed by atoms with Crippen molar-refractivity contribution in [1.29, 1.82) is 0 Å². The van der Waals surface area contributed by atoms with Crippen molar-refractivity contribution < 1.29 is 9.66 Å². The lowest BCUT2D eigenvalue weighted by Crippen LogP contribution is -1.95. The van der Waals surface area contributed by atoms with Gasteiger partial charge in [-0.25, -0.2) is 4.98 Å². The number of methoxy groups -OCH3 is 1. The maximum absolute atomic E-state index is 10.7. The van der Waals surface area contributed by atoms with Crippen LogP contribution in [0.2, 0.25) is 0 Å². The lowest BCUT2D eigenvalue weighted by Gasteiger charge is -2.06. The van der Waals surface area contributed by atoms with Crippen molar-refractivity contribution in [3.8, 4) is 17.0 Å². The second kappa shape index (κ2) is 4.56. The van der Waals surface area contributed by atoms with Crippen LogP contribution in [0.25, 0.3) is 11.1 Å². The average Bonchev–Trinajstić information content (AvgIpc) is 2.39. The van der Waals surface area contributed by atoms with Crippen molar-refractivity contribution in [2.24, 2.45) is 0 Å². The van der Waals surface area contributed by atoms with Gasteiger partial charge in [0.25, 0.3) is 5.69 Å². The van der Waals surface area contributed by atoms with E-state index in [1.807, 2.05) is 0 Å². The zero-order valence-electron chi connectivity index (χ0n) is 9.03. The van der Waals surface area contributed by atoms with Crippen LogP contribution in [0.4, 0.5) is 5.69 Å². The van der Waals surface area contributed by atoms with Crippen LogP contribution >= 0.6 is 0 Å². The van der Waals surface area contributed by atoms with E-state index in [9.17, 15) is 10.1 Å². The van der Waals surface area contributed by atoms with Crippen molar-refractivity contribution >= 4 is 5.69 Å². The van der Waals surface area contributed by atoms with Crippen LogP contribution < -0.4 is 4.74 Å². The normalized spacial score (nSPS) is 9.94. The summed E-state index contributed by atoms with van der Waals surface area (Å²) in [7, 11) is 1.47. The molecule has 0 N–H and O–H groups in total. The lowest BCUT2D eigenvalue weighted by atomic mass is 10.1. The molecule has 0 aromatic carbocycles. The van der Waals surface area contributed by atoms with E-state index in [2.05, 4.69) is 9.97 Å². The Morgan fingerprint density at radius 2 is 2.06 bits per heavy atom. The van der Waals surface area contributed by atoms with Gasteiger partial charge in [-0.1, -0.05) is 0 Å². The summed E-state index contributed by atoms with van der Waals surface area (Å²) in [6.45, 7) is 0. The number of hydrogen-bond donors (Lipinski definition) is 0. The third-order valence-electron chi connectivity index (χ3n) is 2.23. The minimum atomic E-state index is -0.489. The summed E-state index contributed by atoms with van der Waals surface area (Å²) < 4.78 is 5.08. The highest BCUT2D eigenvalue weighted by atomic mass is 16.6. The number of hydrogen-bond acceptors (Lipinski definition) is 5. The summed E-state index contributed by atoms with van der Waals surface area (Å²) in [5.74, 6) is 0.349. The van der Waals surface area contributed by atoms with E-state index in [-0.39, 0.29) is 5.69 Å². The summed E-state index contributed by atoms with van der Waals surface area (Å²) in [6, 6.07) is 4.91. The smallest absolute Gasteiger partial charge is 0.288 e. The predicted octanol–water partition coefficient (Wildman–Crippen LogP) is 2.06. The van der Waals surface area contributed by atoms with E-state index >= 15 is 0 Å². The van der Waals surface area contributed by atoms with Gasteiger partial charge in [0.05, 0.1) is 17.6 Å². The molecule has 17 heavy (non-hydrogen) atoms. The Balaban J connectivity index is 2.58. The fraction of sp³-hybridized carbons (Fsp3) is 0.0909. The molecule has 86 valence electrons. The molecule has 0 aliphatic rings. The lowest BCUT2D eigenvalue weighted by molar-refractivity contribution is -0.385. The highest BCUT2D eigenvalue weighted by Gasteiger charge is 2.13. The van der Waals surface area contributed by atoms with Gasteiger partial charge >= 0.3 is 0 Å². The highest BCUT2D eigenvalue weighted by molar-refractivity contribution is 5.70. The van der Waals surface area contributed by atoms with Gasteiger partial charge in [-0.2, -0.15) is 0 Å². The van der Waals surface area contributed by atoms with Gasteiger partial charge in [-0.3, -0.25) is 15.1 Å². The van der Waals surface area contributed by atoms with Crippen LogP contribution in [-0.4, -0.2) is 22.0 Å². The second-order valence-electron chi connectivity index (χ2n) is 3.24. The molecule has 0 aliphatic carbocycles. The number of ether oxygens (including phenoxy) is 1. The summed E-state index contributed by atoms with van der Waals surface area (Å²) in [5.41, 5.74) is 1.27. The van der Waals surface area contributed by atoms with Gasteiger partial charge in [0.1, 0.15) is 6.20 Å². The Hall–Kier alpha value is -2.50. The maximum atomic E-state index is 10.7. The quantitative estimate of drug-likeness (QED) is 0.596. The van der Waals surface area contributed by atoms with E-state index in [1.165, 1.54) is 19.4 Å². The molecule has 2 aromatic rings. The summed E-state index contributed by atoms with van der Waals surface area (Å²) in [5, 5.41) is 10.7. The van der Waals surface area contributed by atoms with Gasteiger partial charge in [-0.05, 0) is 17.7 Å². The minimum absolute atomic E-state index is 0.0717. The fourth-order valence-corrected chi connectivity index (χ4v) is 1.44. The molecular formula is C11H9N3O3. The molecule has 0 unspecified atom stereocenters. The molecule has 0 saturated carbocycles. The van der Waals surface area contributed by atoms with Crippen molar-refractivity contribution in [3.05, 3.63) is 46.9 Å². The Morgan fingerprint density at radius 1 is 1.35 bits per heavy atom. The second-order valence-corrected chi connectivity index (χ2v) is 3.24. The van der Waals surface area contributed by atoms with E-state index < -0.39 is 4.92 Å². The van der Waals surface area contributed by atoms with E-state index in [0.29, 0.717) is 11.4 Å². The molecule has 6 heteroatoms. The third kappa shape index (κ3) is 2.20. The van der Waals surface area contributed by atoms with Crippen LogP contribution in [0.1, 0.15) is 0 Å². The molecule has 0 saturated heterocycles. The SMILES string of the molecule is COc1ncc([N+](=O)[O-])cc1-c1ccncc1. The van der Waals surface area contributed by atoms with Crippen molar-refractivity contribution in [3.63, 3.8) is 0 Å². The first-order valence-electron chi connectivity index (χ1n) is 4.81. The number of nitro groups is 1. The molecule has 0 bridgehead atoms.